The van der Waals surface area contributed by atoms with Crippen molar-refractivity contribution in [1.82, 2.24) is 10.6 Å². The molecule has 0 aromatic rings. The molecule has 1 N–H and O–H groups in total. The number of amides is 2. The molecular weight excluding hydrogens is 126 g/mol. The van der Waals surface area contributed by atoms with Gasteiger partial charge in [-0.25, -0.2) is 4.79 Å². The van der Waals surface area contributed by atoms with E-state index in [9.17, 15) is 14.9 Å². The van der Waals surface area contributed by atoms with Crippen LogP contribution in [0.3, 0.4) is 0 Å². The molecule has 1 aliphatic heterocycles. The Morgan fingerprint density at radius 3 is 2.67 bits per heavy atom. The van der Waals surface area contributed by atoms with E-state index in [4.69, 9.17) is 0 Å². The van der Waals surface area contributed by atoms with Crippen molar-refractivity contribution in [3.05, 3.63) is 22.1 Å². The lowest BCUT2D eigenvalue weighted by Crippen LogP contribution is -2.21. The van der Waals surface area contributed by atoms with E-state index < -0.39 is 11.0 Å². The minimum absolute atomic E-state index is 0.375. The molecule has 0 aromatic carbocycles. The fraction of sp³-hybridized carbons (Fsp3) is 0. The van der Waals surface area contributed by atoms with E-state index in [1.54, 1.807) is 0 Å². The lowest BCUT2D eigenvalue weighted by Gasteiger charge is -1.88. The minimum atomic E-state index is -0.714. The van der Waals surface area contributed by atoms with E-state index in [0.717, 1.165) is 6.20 Å². The molecule has 2 amide bonds. The third-order valence-electron chi connectivity index (χ3n) is 0.736. The molecule has 1 heterocycles. The van der Waals surface area contributed by atoms with Gasteiger partial charge in [0, 0.05) is 0 Å². The highest BCUT2D eigenvalue weighted by Gasteiger charge is 2.22. The summed E-state index contributed by atoms with van der Waals surface area (Å²) in [5.41, 5.74) is 0. The van der Waals surface area contributed by atoms with Gasteiger partial charge in [0.25, 0.3) is 0 Å². The molecule has 0 aromatic heterocycles. The molecule has 0 bridgehead atoms. The first-order chi connectivity index (χ1) is 4.20. The van der Waals surface area contributed by atoms with Gasteiger partial charge in [-0.1, -0.05) is 0 Å². The number of nitrogens with one attached hydrogen (secondary N) is 1. The summed E-state index contributed by atoms with van der Waals surface area (Å²) >= 11 is 0. The van der Waals surface area contributed by atoms with Crippen LogP contribution in [0.4, 0.5) is 4.79 Å². The zero-order chi connectivity index (χ0) is 6.85. The van der Waals surface area contributed by atoms with E-state index in [0.29, 0.717) is 0 Å². The number of urea groups is 1. The highest BCUT2D eigenvalue weighted by atomic mass is 16.6. The zero-order valence-corrected chi connectivity index (χ0v) is 4.20. The Kier molecular flexibility index (Phi) is 1.07. The summed E-state index contributed by atoms with van der Waals surface area (Å²) in [4.78, 5) is 19.2. The number of rotatable bonds is 1. The second-order valence-corrected chi connectivity index (χ2v) is 1.33. The van der Waals surface area contributed by atoms with Crippen LogP contribution in [0.1, 0.15) is 0 Å². The lowest BCUT2D eigenvalue weighted by atomic mass is 10.8. The van der Waals surface area contributed by atoms with Crippen molar-refractivity contribution in [2.75, 3.05) is 0 Å². The Morgan fingerprint density at radius 2 is 2.44 bits per heavy atom. The average Bonchev–Trinajstić information content (AvgIpc) is 2.14. The second-order valence-electron chi connectivity index (χ2n) is 1.33. The Bertz CT molecular complexity index is 196. The zero-order valence-electron chi connectivity index (χ0n) is 4.20. The number of nitro groups is 1. The average molecular weight is 128 g/mol. The second kappa shape index (κ2) is 1.73. The van der Waals surface area contributed by atoms with Gasteiger partial charge in [-0.05, 0) is 4.92 Å². The van der Waals surface area contributed by atoms with Crippen LogP contribution in [-0.2, 0) is 0 Å². The van der Waals surface area contributed by atoms with Crippen LogP contribution >= 0.6 is 0 Å². The molecule has 0 saturated carbocycles. The lowest BCUT2D eigenvalue weighted by molar-refractivity contribution is -0.429. The summed E-state index contributed by atoms with van der Waals surface area (Å²) in [5, 5.41) is 14.8. The molecule has 0 fully saturated rings. The molecule has 1 radical (unpaired) electrons. The van der Waals surface area contributed by atoms with Gasteiger partial charge in [0.2, 0.25) is 0 Å². The van der Waals surface area contributed by atoms with Gasteiger partial charge in [-0.2, -0.15) is 10.6 Å². The first kappa shape index (κ1) is 5.54. The summed E-state index contributed by atoms with van der Waals surface area (Å²) in [6.45, 7) is 0. The molecule has 0 atom stereocenters. The summed E-state index contributed by atoms with van der Waals surface area (Å²) < 4.78 is 0. The van der Waals surface area contributed by atoms with Crippen molar-refractivity contribution in [2.45, 2.75) is 0 Å². The largest absolute Gasteiger partial charge is 0.433 e. The molecule has 0 aliphatic carbocycles. The number of carbonyl (C=O) groups excluding carboxylic acids is 1. The maximum atomic E-state index is 10.1. The Hall–Kier alpha value is -1.59. The van der Waals surface area contributed by atoms with Crippen molar-refractivity contribution < 1.29 is 9.72 Å². The first-order valence-corrected chi connectivity index (χ1v) is 2.06. The highest BCUT2D eigenvalue weighted by molar-refractivity contribution is 5.78. The Balaban J connectivity index is 2.65. The molecular formula is C3H2N3O3. The van der Waals surface area contributed by atoms with Gasteiger partial charge in [0.15, 0.2) is 0 Å². The van der Waals surface area contributed by atoms with Gasteiger partial charge in [0.05, 0.1) is 0 Å². The summed E-state index contributed by atoms with van der Waals surface area (Å²) in [5.74, 6) is -0.375. The normalized spacial score (nSPS) is 16.0. The number of hydrogen-bond donors (Lipinski definition) is 1. The van der Waals surface area contributed by atoms with Crippen LogP contribution in [0.25, 0.3) is 0 Å². The maximum absolute atomic E-state index is 10.1. The summed E-state index contributed by atoms with van der Waals surface area (Å²) in [7, 11) is 0. The van der Waals surface area contributed by atoms with E-state index >= 15 is 0 Å². The van der Waals surface area contributed by atoms with Gasteiger partial charge in [-0.3, -0.25) is 0 Å². The number of hydrogen-bond acceptors (Lipinski definition) is 3. The van der Waals surface area contributed by atoms with Gasteiger partial charge in [-0.15, -0.1) is 0 Å². The summed E-state index contributed by atoms with van der Waals surface area (Å²) in [6, 6.07) is -0.693. The molecule has 0 saturated heterocycles. The van der Waals surface area contributed by atoms with E-state index in [1.165, 1.54) is 0 Å². The van der Waals surface area contributed by atoms with Crippen LogP contribution in [-0.4, -0.2) is 11.0 Å². The van der Waals surface area contributed by atoms with Gasteiger partial charge in [0.1, 0.15) is 6.20 Å². The summed E-state index contributed by atoms with van der Waals surface area (Å²) in [6.07, 6.45) is 0.877. The van der Waals surface area contributed by atoms with Crippen molar-refractivity contribution in [1.29, 1.82) is 0 Å². The predicted octanol–water partition coefficient (Wildman–Crippen LogP) is -0.610. The molecule has 47 valence electrons. The van der Waals surface area contributed by atoms with Gasteiger partial charge < -0.3 is 10.1 Å². The molecule has 9 heavy (non-hydrogen) atoms. The van der Waals surface area contributed by atoms with Crippen LogP contribution in [0.5, 0.6) is 0 Å². The number of nitrogens with zero attached hydrogens (tertiary/aromatic N) is 2. The van der Waals surface area contributed by atoms with Crippen molar-refractivity contribution in [2.24, 2.45) is 0 Å². The Morgan fingerprint density at radius 1 is 1.78 bits per heavy atom. The fourth-order valence-corrected chi connectivity index (χ4v) is 0.387. The van der Waals surface area contributed by atoms with Crippen LogP contribution in [0.2, 0.25) is 0 Å². The first-order valence-electron chi connectivity index (χ1n) is 2.06. The highest BCUT2D eigenvalue weighted by Crippen LogP contribution is 1.94. The fourth-order valence-electron chi connectivity index (χ4n) is 0.387. The quantitative estimate of drug-likeness (QED) is 0.377. The number of carbonyl (C=O) groups is 1. The van der Waals surface area contributed by atoms with Crippen molar-refractivity contribution in [3.8, 4) is 0 Å². The minimum Gasteiger partial charge on any atom is -0.358 e. The molecule has 6 nitrogen and oxygen atoms in total. The molecule has 0 spiro atoms. The van der Waals surface area contributed by atoms with E-state index in [2.05, 4.69) is 5.32 Å². The van der Waals surface area contributed by atoms with Crippen molar-refractivity contribution >= 4 is 6.03 Å². The monoisotopic (exact) mass is 128 g/mol. The third kappa shape index (κ3) is 0.958. The van der Waals surface area contributed by atoms with E-state index in [1.807, 2.05) is 5.32 Å². The third-order valence-corrected chi connectivity index (χ3v) is 0.736. The van der Waals surface area contributed by atoms with Crippen LogP contribution < -0.4 is 10.6 Å². The smallest absolute Gasteiger partial charge is 0.358 e. The SMILES string of the molecule is O=C1[N]C=C([N+](=O)[O-])N1. The topological polar surface area (TPSA) is 86.3 Å². The van der Waals surface area contributed by atoms with Crippen LogP contribution in [0.15, 0.2) is 12.0 Å². The molecule has 6 heteroatoms. The van der Waals surface area contributed by atoms with E-state index in [-0.39, 0.29) is 5.82 Å². The molecule has 1 rings (SSSR count). The molecule has 0 unspecified atom stereocenters. The molecule has 1 aliphatic rings. The standard InChI is InChI=1S/C3H2N3O3/c7-3-4-1-2(5-3)6(8)9/h1H,(H,5,7). The predicted molar refractivity (Wildman–Crippen MR) is 25.7 cm³/mol. The van der Waals surface area contributed by atoms with Crippen molar-refractivity contribution in [3.63, 3.8) is 0 Å². The maximum Gasteiger partial charge on any atom is 0.433 e. The van der Waals surface area contributed by atoms with Crippen LogP contribution in [0, 0.1) is 10.1 Å². The Labute approximate surface area is 49.7 Å². The van der Waals surface area contributed by atoms with Gasteiger partial charge >= 0.3 is 11.9 Å².